The predicted octanol–water partition coefficient (Wildman–Crippen LogP) is 4.12. The molecule has 1 aromatic heterocycles. The van der Waals surface area contributed by atoms with Gasteiger partial charge in [-0.1, -0.05) is 50.2 Å². The van der Waals surface area contributed by atoms with Gasteiger partial charge in [0.15, 0.2) is 0 Å². The second-order valence-corrected chi connectivity index (χ2v) is 8.38. The fourth-order valence-electron chi connectivity index (χ4n) is 3.90. The third kappa shape index (κ3) is 5.27. The number of nitrogens with zero attached hydrogens (tertiary/aromatic N) is 1. The molecule has 0 saturated heterocycles. The van der Waals surface area contributed by atoms with Gasteiger partial charge in [-0.2, -0.15) is 0 Å². The summed E-state index contributed by atoms with van der Waals surface area (Å²) in [7, 11) is 0. The van der Waals surface area contributed by atoms with Gasteiger partial charge in [0.25, 0.3) is 5.91 Å². The largest absolute Gasteiger partial charge is 0.478 e. The number of hydrogen-bond acceptors (Lipinski definition) is 5. The molecule has 0 atom stereocenters. The Balaban J connectivity index is 2.19. The van der Waals surface area contributed by atoms with Gasteiger partial charge >= 0.3 is 5.97 Å². The van der Waals surface area contributed by atoms with E-state index in [-0.39, 0.29) is 17.7 Å². The van der Waals surface area contributed by atoms with Crippen LogP contribution in [0.4, 0.5) is 5.69 Å². The fraction of sp³-hybridized carbons (Fsp3) is 0.269. The normalized spacial score (nSPS) is 11.0. The van der Waals surface area contributed by atoms with Crippen LogP contribution in [0.2, 0.25) is 0 Å². The number of rotatable bonds is 8. The van der Waals surface area contributed by atoms with Gasteiger partial charge in [-0.05, 0) is 48.1 Å². The standard InChI is InChI=1S/C26H30N4O3/c1-15(2)12-22-21(14-28)23(18-10-8-17(13-27)9-11-18)24(16(3)29-22)30-25(31)19-6-4-5-7-20(19)26(32)33/h4-11,15H,12-14,27-28H2,1-3H3,(H,30,31)(H,32,33). The summed E-state index contributed by atoms with van der Waals surface area (Å²) < 4.78 is 0. The summed E-state index contributed by atoms with van der Waals surface area (Å²) in [4.78, 5) is 29.6. The number of pyridine rings is 1. The number of carbonyl (C=O) groups is 2. The topological polar surface area (TPSA) is 131 Å². The number of amides is 1. The maximum atomic E-state index is 13.2. The van der Waals surface area contributed by atoms with Gasteiger partial charge in [0.05, 0.1) is 22.5 Å². The van der Waals surface area contributed by atoms with Crippen LogP contribution in [0.3, 0.4) is 0 Å². The lowest BCUT2D eigenvalue weighted by atomic mass is 9.92. The summed E-state index contributed by atoms with van der Waals surface area (Å²) in [5, 5.41) is 12.4. The number of aromatic carboxylic acids is 1. The van der Waals surface area contributed by atoms with Crippen LogP contribution < -0.4 is 16.8 Å². The summed E-state index contributed by atoms with van der Waals surface area (Å²) in [5.74, 6) is -1.31. The van der Waals surface area contributed by atoms with Crippen LogP contribution in [0, 0.1) is 12.8 Å². The number of carboxylic acids is 1. The Morgan fingerprint density at radius 3 is 2.18 bits per heavy atom. The number of anilines is 1. The summed E-state index contributed by atoms with van der Waals surface area (Å²) in [6, 6.07) is 13.9. The second kappa shape index (κ2) is 10.4. The van der Waals surface area contributed by atoms with Crippen molar-refractivity contribution in [3.05, 3.63) is 82.2 Å². The number of aromatic nitrogens is 1. The van der Waals surface area contributed by atoms with Gasteiger partial charge in [0, 0.05) is 24.3 Å². The van der Waals surface area contributed by atoms with E-state index in [1.54, 1.807) is 12.1 Å². The van der Waals surface area contributed by atoms with Crippen molar-refractivity contribution in [2.24, 2.45) is 17.4 Å². The van der Waals surface area contributed by atoms with Gasteiger partial charge in [-0.15, -0.1) is 0 Å². The maximum Gasteiger partial charge on any atom is 0.336 e. The Morgan fingerprint density at radius 2 is 1.64 bits per heavy atom. The highest BCUT2D eigenvalue weighted by molar-refractivity contribution is 6.12. The lowest BCUT2D eigenvalue weighted by Gasteiger charge is -2.22. The monoisotopic (exact) mass is 446 g/mol. The highest BCUT2D eigenvalue weighted by atomic mass is 16.4. The number of benzene rings is 2. The van der Waals surface area contributed by atoms with Crippen molar-refractivity contribution in [3.8, 4) is 11.1 Å². The lowest BCUT2D eigenvalue weighted by Crippen LogP contribution is -2.20. The molecule has 7 heteroatoms. The zero-order chi connectivity index (χ0) is 24.1. The smallest absolute Gasteiger partial charge is 0.336 e. The molecule has 0 bridgehead atoms. The molecule has 0 saturated carbocycles. The Kier molecular flexibility index (Phi) is 7.58. The molecule has 7 nitrogen and oxygen atoms in total. The first-order valence-electron chi connectivity index (χ1n) is 10.9. The molecule has 1 heterocycles. The highest BCUT2D eigenvalue weighted by Crippen LogP contribution is 2.36. The van der Waals surface area contributed by atoms with Crippen molar-refractivity contribution in [2.45, 2.75) is 40.3 Å². The van der Waals surface area contributed by atoms with E-state index in [4.69, 9.17) is 16.5 Å². The number of hydrogen-bond donors (Lipinski definition) is 4. The molecule has 2 aromatic carbocycles. The SMILES string of the molecule is Cc1nc(CC(C)C)c(CN)c(-c2ccc(CN)cc2)c1NC(=O)c1ccccc1C(=O)O. The third-order valence-corrected chi connectivity index (χ3v) is 5.49. The molecule has 0 unspecified atom stereocenters. The minimum atomic E-state index is -1.16. The molecule has 0 aliphatic heterocycles. The molecule has 3 aromatic rings. The summed E-state index contributed by atoms with van der Waals surface area (Å²) in [6.45, 7) is 6.74. The lowest BCUT2D eigenvalue weighted by molar-refractivity contribution is 0.0692. The van der Waals surface area contributed by atoms with E-state index in [0.29, 0.717) is 23.8 Å². The number of aryl methyl sites for hydroxylation is 1. The van der Waals surface area contributed by atoms with Crippen molar-refractivity contribution in [1.29, 1.82) is 0 Å². The number of nitrogens with one attached hydrogen (secondary N) is 1. The van der Waals surface area contributed by atoms with E-state index in [9.17, 15) is 14.7 Å². The minimum absolute atomic E-state index is 0.0649. The van der Waals surface area contributed by atoms with E-state index in [0.717, 1.165) is 34.4 Å². The van der Waals surface area contributed by atoms with Crippen LogP contribution in [-0.4, -0.2) is 22.0 Å². The van der Waals surface area contributed by atoms with Gasteiger partial charge in [0.1, 0.15) is 0 Å². The van der Waals surface area contributed by atoms with E-state index in [1.165, 1.54) is 12.1 Å². The molecule has 33 heavy (non-hydrogen) atoms. The molecule has 0 spiro atoms. The van der Waals surface area contributed by atoms with Crippen LogP contribution in [0.5, 0.6) is 0 Å². The van der Waals surface area contributed by atoms with Gasteiger partial charge in [-0.3, -0.25) is 9.78 Å². The molecule has 3 rings (SSSR count). The molecule has 0 aliphatic rings. The average Bonchev–Trinajstić information content (AvgIpc) is 2.80. The first kappa shape index (κ1) is 24.1. The Bertz CT molecular complexity index is 1170. The van der Waals surface area contributed by atoms with Crippen LogP contribution in [0.1, 0.15) is 57.1 Å². The molecule has 0 fully saturated rings. The molecule has 1 amide bonds. The van der Waals surface area contributed by atoms with E-state index < -0.39 is 11.9 Å². The molecule has 0 aliphatic carbocycles. The van der Waals surface area contributed by atoms with Gasteiger partial charge in [0.2, 0.25) is 0 Å². The Morgan fingerprint density at radius 1 is 1.00 bits per heavy atom. The number of nitrogens with two attached hydrogens (primary N) is 2. The first-order valence-corrected chi connectivity index (χ1v) is 10.9. The van der Waals surface area contributed by atoms with E-state index >= 15 is 0 Å². The van der Waals surface area contributed by atoms with Crippen LogP contribution >= 0.6 is 0 Å². The summed E-state index contributed by atoms with van der Waals surface area (Å²) >= 11 is 0. The molecule has 6 N–H and O–H groups in total. The van der Waals surface area contributed by atoms with E-state index in [2.05, 4.69) is 19.2 Å². The van der Waals surface area contributed by atoms with Gasteiger partial charge in [-0.25, -0.2) is 4.79 Å². The highest BCUT2D eigenvalue weighted by Gasteiger charge is 2.23. The van der Waals surface area contributed by atoms with E-state index in [1.807, 2.05) is 31.2 Å². The second-order valence-electron chi connectivity index (χ2n) is 8.38. The minimum Gasteiger partial charge on any atom is -0.478 e. The van der Waals surface area contributed by atoms with Crippen LogP contribution in [0.25, 0.3) is 11.1 Å². The molecule has 0 radical (unpaired) electrons. The third-order valence-electron chi connectivity index (χ3n) is 5.49. The average molecular weight is 447 g/mol. The van der Waals surface area contributed by atoms with Crippen LogP contribution in [-0.2, 0) is 19.5 Å². The van der Waals surface area contributed by atoms with Gasteiger partial charge < -0.3 is 21.9 Å². The van der Waals surface area contributed by atoms with Crippen molar-refractivity contribution in [3.63, 3.8) is 0 Å². The Labute approximate surface area is 193 Å². The predicted molar refractivity (Wildman–Crippen MR) is 130 cm³/mol. The van der Waals surface area contributed by atoms with Crippen molar-refractivity contribution in [2.75, 3.05) is 5.32 Å². The summed E-state index contributed by atoms with van der Waals surface area (Å²) in [6.07, 6.45) is 0.747. The van der Waals surface area contributed by atoms with Crippen molar-refractivity contribution in [1.82, 2.24) is 4.98 Å². The molecular formula is C26H30N4O3. The molecular weight excluding hydrogens is 416 g/mol. The summed E-state index contributed by atoms with van der Waals surface area (Å²) in [5.41, 5.74) is 17.5. The van der Waals surface area contributed by atoms with Crippen molar-refractivity contribution < 1.29 is 14.7 Å². The van der Waals surface area contributed by atoms with Crippen molar-refractivity contribution >= 4 is 17.6 Å². The maximum absolute atomic E-state index is 13.2. The Hall–Kier alpha value is -3.55. The first-order chi connectivity index (χ1) is 15.8. The zero-order valence-corrected chi connectivity index (χ0v) is 19.2. The fourth-order valence-corrected chi connectivity index (χ4v) is 3.90. The van der Waals surface area contributed by atoms with Crippen LogP contribution in [0.15, 0.2) is 48.5 Å². The number of carboxylic acid groups (broad SMARTS) is 1. The number of carbonyl (C=O) groups excluding carboxylic acids is 1. The molecule has 172 valence electrons. The zero-order valence-electron chi connectivity index (χ0n) is 19.2. The quantitative estimate of drug-likeness (QED) is 0.411.